The summed E-state index contributed by atoms with van der Waals surface area (Å²) in [5.41, 5.74) is -2.89. The van der Waals surface area contributed by atoms with Crippen LogP contribution in [-0.2, 0) is 19.6 Å². The minimum Gasteiger partial charge on any atom is -0.484 e. The molecule has 2 amide bonds. The van der Waals surface area contributed by atoms with Gasteiger partial charge in [-0.05, 0) is 63.2 Å². The molecule has 1 aliphatic rings. The van der Waals surface area contributed by atoms with Crippen LogP contribution in [0, 0.1) is 5.82 Å². The predicted octanol–water partition coefficient (Wildman–Crippen LogP) is 4.20. The molecule has 37 heavy (non-hydrogen) atoms. The molecule has 3 rings (SSSR count). The van der Waals surface area contributed by atoms with Gasteiger partial charge >= 0.3 is 12.3 Å². The molecule has 14 heteroatoms. The summed E-state index contributed by atoms with van der Waals surface area (Å²) >= 11 is 0. The van der Waals surface area contributed by atoms with Crippen LogP contribution in [0.25, 0.3) is 0 Å². The van der Waals surface area contributed by atoms with Crippen LogP contribution in [-0.4, -0.2) is 50.9 Å². The summed E-state index contributed by atoms with van der Waals surface area (Å²) in [5.74, 6) is -0.950. The first kappa shape index (κ1) is 28.0. The summed E-state index contributed by atoms with van der Waals surface area (Å²) in [7, 11) is -4.30. The second-order valence-corrected chi connectivity index (χ2v) is 10.7. The molecule has 1 heterocycles. The second kappa shape index (κ2) is 10.1. The molecule has 0 aromatic heterocycles. The van der Waals surface area contributed by atoms with E-state index in [2.05, 4.69) is 15.4 Å². The van der Waals surface area contributed by atoms with Gasteiger partial charge < -0.3 is 14.8 Å². The molecule has 0 radical (unpaired) electrons. The maximum Gasteiger partial charge on any atom is 0.427 e. The van der Waals surface area contributed by atoms with Gasteiger partial charge in [0.05, 0.1) is 23.2 Å². The maximum absolute atomic E-state index is 13.5. The highest BCUT2D eigenvalue weighted by atomic mass is 32.2. The van der Waals surface area contributed by atoms with E-state index in [1.54, 1.807) is 6.92 Å². The zero-order valence-electron chi connectivity index (χ0n) is 20.2. The molecule has 0 fully saturated rings. The lowest BCUT2D eigenvalue weighted by Gasteiger charge is -2.38. The molecule has 1 aliphatic heterocycles. The molecular formula is C23H25F4N3O6S. The van der Waals surface area contributed by atoms with Gasteiger partial charge in [0, 0.05) is 12.6 Å². The van der Waals surface area contributed by atoms with Crippen molar-refractivity contribution in [2.24, 2.45) is 0 Å². The Morgan fingerprint density at radius 3 is 2.32 bits per heavy atom. The van der Waals surface area contributed by atoms with Gasteiger partial charge in [-0.3, -0.25) is 14.4 Å². The van der Waals surface area contributed by atoms with Crippen molar-refractivity contribution >= 4 is 33.4 Å². The van der Waals surface area contributed by atoms with Crippen LogP contribution in [0.15, 0.2) is 47.4 Å². The molecule has 0 spiro atoms. The normalized spacial score (nSPS) is 16.8. The molecule has 0 bridgehead atoms. The van der Waals surface area contributed by atoms with E-state index in [4.69, 9.17) is 4.74 Å². The number of ether oxygens (including phenoxy) is 2. The van der Waals surface area contributed by atoms with E-state index in [1.165, 1.54) is 25.1 Å². The van der Waals surface area contributed by atoms with Crippen molar-refractivity contribution in [3.63, 3.8) is 0 Å². The molecule has 2 atom stereocenters. The monoisotopic (exact) mass is 547 g/mol. The van der Waals surface area contributed by atoms with Gasteiger partial charge in [-0.2, -0.15) is 13.2 Å². The van der Waals surface area contributed by atoms with Gasteiger partial charge in [-0.25, -0.2) is 17.6 Å². The summed E-state index contributed by atoms with van der Waals surface area (Å²) in [6, 6.07) is 7.28. The number of benzene rings is 2. The van der Waals surface area contributed by atoms with Crippen LogP contribution in [0.5, 0.6) is 5.75 Å². The third-order valence-corrected chi connectivity index (χ3v) is 7.31. The number of carbonyl (C=O) groups is 2. The summed E-state index contributed by atoms with van der Waals surface area (Å²) in [5, 5.41) is 4.79. The molecule has 2 N–H and O–H groups in total. The predicted molar refractivity (Wildman–Crippen MR) is 125 cm³/mol. The Hall–Kier alpha value is -3.55. The van der Waals surface area contributed by atoms with Gasteiger partial charge in [0.1, 0.15) is 17.7 Å². The minimum atomic E-state index is -4.83. The number of nitrogens with zero attached hydrogens (tertiary/aromatic N) is 1. The van der Waals surface area contributed by atoms with Gasteiger partial charge in [-0.15, -0.1) is 0 Å². The average molecular weight is 548 g/mol. The molecule has 2 aromatic rings. The van der Waals surface area contributed by atoms with E-state index < -0.39 is 45.9 Å². The minimum absolute atomic E-state index is 0.0384. The number of alkyl halides is 3. The van der Waals surface area contributed by atoms with Crippen LogP contribution < -0.4 is 19.7 Å². The summed E-state index contributed by atoms with van der Waals surface area (Å²) < 4.78 is 91.0. The van der Waals surface area contributed by atoms with Crippen molar-refractivity contribution in [1.82, 2.24) is 5.32 Å². The Balaban J connectivity index is 1.98. The van der Waals surface area contributed by atoms with Crippen LogP contribution in [0.4, 0.5) is 33.7 Å². The number of carbonyl (C=O) groups excluding carboxylic acids is 2. The van der Waals surface area contributed by atoms with E-state index in [-0.39, 0.29) is 34.5 Å². The van der Waals surface area contributed by atoms with Gasteiger partial charge in [-0.1, -0.05) is 0 Å². The highest BCUT2D eigenvalue weighted by Gasteiger charge is 2.51. The molecule has 0 saturated heterocycles. The summed E-state index contributed by atoms with van der Waals surface area (Å²) in [6.07, 6.45) is -7.07. The number of halogens is 4. The van der Waals surface area contributed by atoms with E-state index in [0.29, 0.717) is 13.8 Å². The quantitative estimate of drug-likeness (QED) is 0.525. The van der Waals surface area contributed by atoms with Gasteiger partial charge in [0.2, 0.25) is 11.5 Å². The fourth-order valence-corrected chi connectivity index (χ4v) is 4.90. The zero-order valence-corrected chi connectivity index (χ0v) is 21.0. The van der Waals surface area contributed by atoms with Crippen molar-refractivity contribution in [2.45, 2.75) is 56.5 Å². The first-order valence-electron chi connectivity index (χ1n) is 10.9. The zero-order chi connectivity index (χ0) is 27.8. The first-order chi connectivity index (χ1) is 17.0. The molecule has 2 aromatic carbocycles. The lowest BCUT2D eigenvalue weighted by Crippen LogP contribution is -2.52. The molecular weight excluding hydrogens is 522 g/mol. The lowest BCUT2D eigenvalue weighted by atomic mass is 10.1. The fourth-order valence-electron chi connectivity index (χ4n) is 3.42. The van der Waals surface area contributed by atoms with E-state index in [9.17, 15) is 35.6 Å². The third kappa shape index (κ3) is 6.24. The molecule has 0 aliphatic carbocycles. The number of hydrogen-bond donors (Lipinski definition) is 2. The lowest BCUT2D eigenvalue weighted by molar-refractivity contribution is -0.242. The van der Waals surface area contributed by atoms with E-state index in [1.807, 2.05) is 0 Å². The largest absolute Gasteiger partial charge is 0.484 e. The Kier molecular flexibility index (Phi) is 7.63. The van der Waals surface area contributed by atoms with E-state index in [0.717, 1.165) is 28.6 Å². The maximum atomic E-state index is 13.5. The Labute approximate surface area is 210 Å². The van der Waals surface area contributed by atoms with Gasteiger partial charge in [0.15, 0.2) is 0 Å². The highest BCUT2D eigenvalue weighted by molar-refractivity contribution is 7.92. The standard InChI is InChI=1S/C23H25F4N3O6S/c1-13(28-14(2)31)20-12-30(37(33,34)17-8-5-15(24)6-9-17)18-11-16(7-10-19(18)35-20)29-21(32)36-22(3,4)23(25,26)27/h5-11,13,20H,12H2,1-4H3,(H,28,31)(H,29,32)/t13-,20-/m0/s1. The molecule has 0 saturated carbocycles. The summed E-state index contributed by atoms with van der Waals surface area (Å²) in [6.45, 7) is 4.00. The van der Waals surface area contributed by atoms with E-state index >= 15 is 0 Å². The fraction of sp³-hybridized carbons (Fsp3) is 0.391. The van der Waals surface area contributed by atoms with Crippen molar-refractivity contribution in [2.75, 3.05) is 16.2 Å². The SMILES string of the molecule is CC(=O)N[C@@H](C)[C@@H]1CN(S(=O)(=O)c2ccc(F)cc2)c2cc(NC(=O)OC(C)(C)C(F)(F)F)ccc2O1. The van der Waals surface area contributed by atoms with Crippen LogP contribution in [0.3, 0.4) is 0 Å². The van der Waals surface area contributed by atoms with Crippen molar-refractivity contribution in [3.05, 3.63) is 48.3 Å². The van der Waals surface area contributed by atoms with Crippen molar-refractivity contribution < 1.29 is 45.0 Å². The van der Waals surface area contributed by atoms with Crippen molar-refractivity contribution in [1.29, 1.82) is 0 Å². The second-order valence-electron chi connectivity index (χ2n) is 8.84. The highest BCUT2D eigenvalue weighted by Crippen LogP contribution is 2.40. The van der Waals surface area contributed by atoms with Gasteiger partial charge in [0.25, 0.3) is 10.0 Å². The number of rotatable bonds is 6. The molecule has 9 nitrogen and oxygen atoms in total. The van der Waals surface area contributed by atoms with Crippen molar-refractivity contribution in [3.8, 4) is 5.75 Å². The smallest absolute Gasteiger partial charge is 0.427 e. The number of anilines is 2. The Bertz CT molecular complexity index is 1280. The average Bonchev–Trinajstić information content (AvgIpc) is 2.77. The number of sulfonamides is 1. The van der Waals surface area contributed by atoms with Crippen LogP contribution >= 0.6 is 0 Å². The third-order valence-electron chi connectivity index (χ3n) is 5.52. The number of fused-ring (bicyclic) bond motifs is 1. The number of nitrogens with one attached hydrogen (secondary N) is 2. The van der Waals surface area contributed by atoms with Crippen LogP contribution in [0.2, 0.25) is 0 Å². The first-order valence-corrected chi connectivity index (χ1v) is 12.4. The number of amides is 2. The van der Waals surface area contributed by atoms with Crippen LogP contribution in [0.1, 0.15) is 27.7 Å². The Morgan fingerprint density at radius 1 is 1.14 bits per heavy atom. The summed E-state index contributed by atoms with van der Waals surface area (Å²) in [4.78, 5) is 23.4. The Morgan fingerprint density at radius 2 is 1.76 bits per heavy atom. The molecule has 202 valence electrons. The topological polar surface area (TPSA) is 114 Å². The molecule has 0 unspecified atom stereocenters. The number of hydrogen-bond acceptors (Lipinski definition) is 6.